The number of phenols is 1. The molecule has 0 atom stereocenters. The largest absolute Gasteiger partial charge is 0.179 e. The molecule has 0 aliphatic heterocycles. The quantitative estimate of drug-likeness (QED) is 0.246. The molecule has 1 aliphatic carbocycles. The molecule has 0 amide bonds. The van der Waals surface area contributed by atoms with Crippen LogP contribution >= 0.6 is 18.6 Å². The van der Waals surface area contributed by atoms with Gasteiger partial charge in [0.2, 0.25) is 0 Å². The first kappa shape index (κ1) is 21.1. The van der Waals surface area contributed by atoms with Crippen LogP contribution in [0.1, 0.15) is 27.8 Å². The van der Waals surface area contributed by atoms with E-state index in [9.17, 15) is 5.11 Å². The minimum Gasteiger partial charge on any atom is -0.179 e. The zero-order chi connectivity index (χ0) is 19.1. The summed E-state index contributed by atoms with van der Waals surface area (Å²) in [5.74, 6) is 0.422. The van der Waals surface area contributed by atoms with Gasteiger partial charge < -0.3 is 5.11 Å². The molecule has 0 saturated heterocycles. The second-order valence-electron chi connectivity index (χ2n) is 6.22. The van der Waals surface area contributed by atoms with Crippen LogP contribution in [0.3, 0.4) is 0 Å². The van der Waals surface area contributed by atoms with Gasteiger partial charge in [0.05, 0.1) is 0 Å². The van der Waals surface area contributed by atoms with Gasteiger partial charge in [-0.05, 0) is 38.3 Å². The third kappa shape index (κ3) is 5.38. The molecule has 0 spiro atoms. The van der Waals surface area contributed by atoms with Crippen LogP contribution in [0.25, 0.3) is 11.1 Å². The Morgan fingerprint density at radius 1 is 0.923 bits per heavy atom. The van der Waals surface area contributed by atoms with Gasteiger partial charge in [0, 0.05) is 0 Å². The minimum absolute atomic E-state index is 0.422. The average Bonchev–Trinajstić information content (AvgIpc) is 2.99. The van der Waals surface area contributed by atoms with Gasteiger partial charge in [0.15, 0.2) is 0 Å². The maximum absolute atomic E-state index is 9.33. The van der Waals surface area contributed by atoms with Crippen molar-refractivity contribution in [2.45, 2.75) is 27.2 Å². The molecule has 0 fully saturated rings. The molecule has 1 N–H and O–H groups in total. The summed E-state index contributed by atoms with van der Waals surface area (Å²) < 4.78 is 0. The van der Waals surface area contributed by atoms with E-state index in [0.29, 0.717) is 5.75 Å². The maximum Gasteiger partial charge on any atom is -0.0253 e. The standard InChI is InChI=1S/C13H9.C9H12O.2ClH.Ti/c1-3-7-12-10(5-1)9-11-6-2-4-8-13(11)12;1-6-4-7(2)9(10)8(3)5-6;;;/h1-5,7-8H,9H2;4-5,10H,1-3H3;2*1H;/q-1;;;;+2/p-2. The third-order valence-electron chi connectivity index (χ3n) is 4.25. The van der Waals surface area contributed by atoms with Crippen LogP contribution in [0.4, 0.5) is 0 Å². The van der Waals surface area contributed by atoms with Crippen molar-refractivity contribution < 1.29 is 22.1 Å². The van der Waals surface area contributed by atoms with Crippen molar-refractivity contribution in [3.8, 4) is 16.9 Å². The van der Waals surface area contributed by atoms with E-state index >= 15 is 0 Å². The van der Waals surface area contributed by atoms with Crippen LogP contribution in [0.5, 0.6) is 5.75 Å². The summed E-state index contributed by atoms with van der Waals surface area (Å²) >= 11 is -0.556. The topological polar surface area (TPSA) is 20.2 Å². The second kappa shape index (κ2) is 10.2. The number of benzene rings is 3. The Hall–Kier alpha value is -1.25. The average molecular weight is 420 g/mol. The zero-order valence-electron chi connectivity index (χ0n) is 15.1. The van der Waals surface area contributed by atoms with Crippen LogP contribution in [-0.4, -0.2) is 5.11 Å². The van der Waals surface area contributed by atoms with Crippen LogP contribution in [0, 0.1) is 26.8 Å². The van der Waals surface area contributed by atoms with E-state index in [0.717, 1.165) is 17.5 Å². The van der Waals surface area contributed by atoms with Crippen LogP contribution in [-0.2, 0) is 23.5 Å². The van der Waals surface area contributed by atoms with Crippen LogP contribution < -0.4 is 0 Å². The van der Waals surface area contributed by atoms with Crippen molar-refractivity contribution in [2.24, 2.45) is 0 Å². The monoisotopic (exact) mass is 419 g/mol. The Kier molecular flexibility index (Phi) is 8.25. The number of hydrogen-bond acceptors (Lipinski definition) is 1. The van der Waals surface area contributed by atoms with E-state index in [-0.39, 0.29) is 0 Å². The van der Waals surface area contributed by atoms with Crippen molar-refractivity contribution >= 4 is 18.6 Å². The Morgan fingerprint density at radius 3 is 2.15 bits per heavy atom. The van der Waals surface area contributed by atoms with Gasteiger partial charge in [-0.25, -0.2) is 0 Å². The van der Waals surface area contributed by atoms with Gasteiger partial charge in [-0.3, -0.25) is 0 Å². The van der Waals surface area contributed by atoms with Crippen molar-refractivity contribution in [3.63, 3.8) is 0 Å². The fourth-order valence-corrected chi connectivity index (χ4v) is 3.17. The van der Waals surface area contributed by atoms with Gasteiger partial charge in [-0.1, -0.05) is 53.1 Å². The molecule has 0 aromatic heterocycles. The van der Waals surface area contributed by atoms with Gasteiger partial charge in [-0.2, -0.15) is 29.8 Å². The molecule has 1 nitrogen and oxygen atoms in total. The summed E-state index contributed by atoms with van der Waals surface area (Å²) in [5.41, 5.74) is 8.62. The van der Waals surface area contributed by atoms with Crippen LogP contribution in [0.15, 0.2) is 54.6 Å². The first-order valence-electron chi connectivity index (χ1n) is 8.28. The first-order chi connectivity index (χ1) is 12.5. The number of aryl methyl sites for hydroxylation is 3. The molecule has 0 saturated carbocycles. The smallest absolute Gasteiger partial charge is 0.0253 e. The number of rotatable bonds is 0. The van der Waals surface area contributed by atoms with Gasteiger partial charge >= 0.3 is 35.6 Å². The van der Waals surface area contributed by atoms with Crippen molar-refractivity contribution in [3.05, 3.63) is 88.5 Å². The molecule has 1 aliphatic rings. The van der Waals surface area contributed by atoms with Crippen molar-refractivity contribution in [1.29, 1.82) is 0 Å². The molecular weight excluding hydrogens is 399 g/mol. The Balaban J connectivity index is 0.000000168. The molecule has 26 heavy (non-hydrogen) atoms. The summed E-state index contributed by atoms with van der Waals surface area (Å²) in [6.07, 6.45) is 1.05. The molecule has 0 radical (unpaired) electrons. The number of fused-ring (bicyclic) bond motifs is 3. The Bertz CT molecular complexity index is 811. The second-order valence-corrected chi connectivity index (χ2v) is 8.79. The summed E-state index contributed by atoms with van der Waals surface area (Å²) in [6, 6.07) is 22.1. The summed E-state index contributed by atoms with van der Waals surface area (Å²) in [5, 5.41) is 9.33. The van der Waals surface area contributed by atoms with E-state index in [4.69, 9.17) is 18.6 Å². The predicted octanol–water partition coefficient (Wildman–Crippen LogP) is 6.75. The minimum atomic E-state index is -0.556. The number of aromatic hydroxyl groups is 1. The summed E-state index contributed by atoms with van der Waals surface area (Å²) in [7, 11) is 9.78. The van der Waals surface area contributed by atoms with Gasteiger partial charge in [0.25, 0.3) is 0 Å². The van der Waals surface area contributed by atoms with Gasteiger partial charge in [0.1, 0.15) is 5.75 Å². The first-order valence-corrected chi connectivity index (χ1v) is 12.6. The SMILES string of the molecule is Cc1cc(C)c(O)c(C)c1.[Cl][Ti][Cl].[c-]1cccc2c1Cc1ccccc1-2. The molecule has 0 heterocycles. The maximum atomic E-state index is 9.33. The van der Waals surface area contributed by atoms with E-state index in [1.165, 1.54) is 27.8 Å². The fraction of sp³-hybridized carbons (Fsp3) is 0.182. The van der Waals surface area contributed by atoms with Gasteiger partial charge in [-0.15, -0.1) is 5.56 Å². The summed E-state index contributed by atoms with van der Waals surface area (Å²) in [4.78, 5) is 0. The number of halogens is 2. The normalized spacial score (nSPS) is 10.5. The van der Waals surface area contributed by atoms with Crippen molar-refractivity contribution in [1.82, 2.24) is 0 Å². The molecule has 0 unspecified atom stereocenters. The van der Waals surface area contributed by atoms with Crippen LogP contribution in [0.2, 0.25) is 0 Å². The molecule has 0 bridgehead atoms. The molecule has 3 aromatic carbocycles. The fourth-order valence-electron chi connectivity index (χ4n) is 3.17. The number of hydrogen-bond donors (Lipinski definition) is 1. The Labute approximate surface area is 172 Å². The predicted molar refractivity (Wildman–Crippen MR) is 108 cm³/mol. The molecule has 3 aromatic rings. The molecule has 4 heteroatoms. The van der Waals surface area contributed by atoms with E-state index < -0.39 is 17.0 Å². The van der Waals surface area contributed by atoms with E-state index in [1.54, 1.807) is 0 Å². The molecule has 4 rings (SSSR count). The Morgan fingerprint density at radius 2 is 1.50 bits per heavy atom. The number of phenolic OH excluding ortho intramolecular Hbond substituents is 1. The molecule has 134 valence electrons. The molecular formula is C22H21Cl2OTi-. The zero-order valence-corrected chi connectivity index (χ0v) is 18.2. The van der Waals surface area contributed by atoms with E-state index in [2.05, 4.69) is 42.5 Å². The summed E-state index contributed by atoms with van der Waals surface area (Å²) in [6.45, 7) is 5.85. The van der Waals surface area contributed by atoms with E-state index in [1.807, 2.05) is 39.0 Å². The van der Waals surface area contributed by atoms with Crippen molar-refractivity contribution in [2.75, 3.05) is 0 Å². The third-order valence-corrected chi connectivity index (χ3v) is 4.25.